The van der Waals surface area contributed by atoms with Crippen molar-refractivity contribution in [3.63, 3.8) is 0 Å². The van der Waals surface area contributed by atoms with E-state index in [2.05, 4.69) is 17.4 Å². The number of nitrogens with one attached hydrogen (secondary N) is 1. The summed E-state index contributed by atoms with van der Waals surface area (Å²) >= 11 is 0. The Morgan fingerprint density at radius 2 is 2.55 bits per heavy atom. The molecule has 0 saturated carbocycles. The maximum absolute atomic E-state index is 5.57. The number of nitrogens with zero attached hydrogens (tertiary/aromatic N) is 1. The van der Waals surface area contributed by atoms with Crippen LogP contribution in [0.15, 0.2) is 4.52 Å². The summed E-state index contributed by atoms with van der Waals surface area (Å²) in [6.07, 6.45) is 0.926. The van der Waals surface area contributed by atoms with Crippen molar-refractivity contribution in [1.29, 1.82) is 0 Å². The van der Waals surface area contributed by atoms with E-state index in [0.717, 1.165) is 24.2 Å². The number of nitrogens with two attached hydrogens (primary N) is 1. The number of hydrogen-bond acceptors (Lipinski definition) is 4. The number of fused-ring (bicyclic) bond motifs is 1. The predicted molar refractivity (Wildman–Crippen MR) is 41.0 cm³/mol. The summed E-state index contributed by atoms with van der Waals surface area (Å²) in [6, 6.07) is 0.278. The van der Waals surface area contributed by atoms with Crippen molar-refractivity contribution < 1.29 is 4.52 Å². The van der Waals surface area contributed by atoms with Crippen molar-refractivity contribution >= 4 is 5.88 Å². The van der Waals surface area contributed by atoms with Gasteiger partial charge in [0.2, 0.25) is 5.88 Å². The number of hydrogen-bond donors (Lipinski definition) is 2. The van der Waals surface area contributed by atoms with Crippen LogP contribution in [0.2, 0.25) is 0 Å². The first kappa shape index (κ1) is 6.67. The highest BCUT2D eigenvalue weighted by atomic mass is 16.5. The minimum Gasteiger partial charge on any atom is -0.367 e. The Bertz CT molecular complexity index is 269. The molecular weight excluding hydrogens is 142 g/mol. The second-order valence-corrected chi connectivity index (χ2v) is 2.84. The normalized spacial score (nSPS) is 23.2. The van der Waals surface area contributed by atoms with Gasteiger partial charge in [0.25, 0.3) is 0 Å². The second kappa shape index (κ2) is 2.23. The number of nitrogen functional groups attached to an aromatic ring is 1. The van der Waals surface area contributed by atoms with Crippen LogP contribution in [-0.2, 0) is 6.42 Å². The van der Waals surface area contributed by atoms with Crippen LogP contribution in [0.25, 0.3) is 0 Å². The molecule has 0 radical (unpaired) electrons. The standard InChI is InChI=1S/C7H11N3O/c1-4-6-5(2-3-9-4)7(8)11-10-6/h4,9H,2-3,8H2,1H3. The van der Waals surface area contributed by atoms with Gasteiger partial charge in [0, 0.05) is 12.1 Å². The Kier molecular flexibility index (Phi) is 1.35. The summed E-state index contributed by atoms with van der Waals surface area (Å²) in [7, 11) is 0. The average molecular weight is 153 g/mol. The summed E-state index contributed by atoms with van der Waals surface area (Å²) in [4.78, 5) is 0. The molecule has 1 atom stereocenters. The first-order chi connectivity index (χ1) is 5.29. The van der Waals surface area contributed by atoms with Gasteiger partial charge in [-0.05, 0) is 13.3 Å². The maximum atomic E-state index is 5.57. The lowest BCUT2D eigenvalue weighted by Gasteiger charge is -2.17. The lowest BCUT2D eigenvalue weighted by atomic mass is 10.0. The van der Waals surface area contributed by atoms with Crippen molar-refractivity contribution in [3.8, 4) is 0 Å². The van der Waals surface area contributed by atoms with Crippen molar-refractivity contribution in [3.05, 3.63) is 11.3 Å². The zero-order valence-corrected chi connectivity index (χ0v) is 6.42. The van der Waals surface area contributed by atoms with E-state index in [-0.39, 0.29) is 6.04 Å². The van der Waals surface area contributed by atoms with Crippen molar-refractivity contribution in [2.45, 2.75) is 19.4 Å². The van der Waals surface area contributed by atoms with E-state index in [1.54, 1.807) is 0 Å². The van der Waals surface area contributed by atoms with E-state index >= 15 is 0 Å². The summed E-state index contributed by atoms with van der Waals surface area (Å²) in [6.45, 7) is 3.01. The van der Waals surface area contributed by atoms with Crippen LogP contribution in [0.1, 0.15) is 24.2 Å². The van der Waals surface area contributed by atoms with Gasteiger partial charge in [0.05, 0.1) is 6.04 Å². The highest BCUT2D eigenvalue weighted by Crippen LogP contribution is 2.25. The molecule has 0 aromatic carbocycles. The molecule has 4 heteroatoms. The Morgan fingerprint density at radius 3 is 3.27 bits per heavy atom. The lowest BCUT2D eigenvalue weighted by Crippen LogP contribution is -2.27. The molecule has 0 amide bonds. The molecular formula is C7H11N3O. The molecule has 1 aliphatic heterocycles. The molecule has 11 heavy (non-hydrogen) atoms. The fourth-order valence-corrected chi connectivity index (χ4v) is 1.44. The third-order valence-corrected chi connectivity index (χ3v) is 2.08. The van der Waals surface area contributed by atoms with Gasteiger partial charge in [0.1, 0.15) is 5.69 Å². The van der Waals surface area contributed by atoms with Gasteiger partial charge in [-0.15, -0.1) is 0 Å². The minimum absolute atomic E-state index is 0.278. The summed E-state index contributed by atoms with van der Waals surface area (Å²) < 4.78 is 4.88. The Hall–Kier alpha value is -1.03. The van der Waals surface area contributed by atoms with Crippen LogP contribution in [0.3, 0.4) is 0 Å². The number of aromatic nitrogens is 1. The molecule has 2 heterocycles. The molecule has 0 saturated heterocycles. The number of anilines is 1. The molecule has 1 aliphatic rings. The molecule has 0 bridgehead atoms. The van der Waals surface area contributed by atoms with E-state index in [0.29, 0.717) is 5.88 Å². The third-order valence-electron chi connectivity index (χ3n) is 2.08. The summed E-state index contributed by atoms with van der Waals surface area (Å²) in [5.41, 5.74) is 7.61. The molecule has 1 unspecified atom stereocenters. The van der Waals surface area contributed by atoms with Crippen LogP contribution in [0.4, 0.5) is 5.88 Å². The SMILES string of the molecule is CC1NCCc2c1noc2N. The number of rotatable bonds is 0. The second-order valence-electron chi connectivity index (χ2n) is 2.84. The van der Waals surface area contributed by atoms with Crippen molar-refractivity contribution in [2.75, 3.05) is 12.3 Å². The van der Waals surface area contributed by atoms with Gasteiger partial charge in [-0.3, -0.25) is 0 Å². The molecule has 4 nitrogen and oxygen atoms in total. The van der Waals surface area contributed by atoms with Gasteiger partial charge in [0.15, 0.2) is 0 Å². The van der Waals surface area contributed by atoms with E-state index in [1.807, 2.05) is 0 Å². The van der Waals surface area contributed by atoms with Crippen LogP contribution in [0, 0.1) is 0 Å². The zero-order chi connectivity index (χ0) is 7.84. The predicted octanol–water partition coefficient (Wildman–Crippen LogP) is 0.464. The highest BCUT2D eigenvalue weighted by Gasteiger charge is 2.22. The molecule has 0 fully saturated rings. The third kappa shape index (κ3) is 0.903. The molecule has 1 aromatic heterocycles. The molecule has 60 valence electrons. The Morgan fingerprint density at radius 1 is 1.73 bits per heavy atom. The quantitative estimate of drug-likeness (QED) is 0.568. The van der Waals surface area contributed by atoms with Crippen molar-refractivity contribution in [1.82, 2.24) is 10.5 Å². The van der Waals surface area contributed by atoms with Crippen LogP contribution in [-0.4, -0.2) is 11.7 Å². The van der Waals surface area contributed by atoms with Crippen molar-refractivity contribution in [2.24, 2.45) is 0 Å². The Balaban J connectivity index is 2.46. The molecule has 3 N–H and O–H groups in total. The fraction of sp³-hybridized carbons (Fsp3) is 0.571. The van der Waals surface area contributed by atoms with E-state index in [9.17, 15) is 0 Å². The van der Waals surface area contributed by atoms with Crippen LogP contribution >= 0.6 is 0 Å². The largest absolute Gasteiger partial charge is 0.367 e. The molecule has 2 rings (SSSR count). The monoisotopic (exact) mass is 153 g/mol. The zero-order valence-electron chi connectivity index (χ0n) is 6.42. The first-order valence-electron chi connectivity index (χ1n) is 3.76. The van der Waals surface area contributed by atoms with E-state index in [4.69, 9.17) is 10.3 Å². The lowest BCUT2D eigenvalue weighted by molar-refractivity contribution is 0.413. The topological polar surface area (TPSA) is 64.1 Å². The van der Waals surface area contributed by atoms with E-state index < -0.39 is 0 Å². The first-order valence-corrected chi connectivity index (χ1v) is 3.76. The van der Waals surface area contributed by atoms with Crippen LogP contribution < -0.4 is 11.1 Å². The van der Waals surface area contributed by atoms with Gasteiger partial charge in [-0.25, -0.2) is 0 Å². The highest BCUT2D eigenvalue weighted by molar-refractivity contribution is 5.41. The molecule has 1 aromatic rings. The summed E-state index contributed by atoms with van der Waals surface area (Å²) in [5, 5.41) is 7.15. The van der Waals surface area contributed by atoms with E-state index in [1.165, 1.54) is 0 Å². The average Bonchev–Trinajstić information content (AvgIpc) is 2.35. The van der Waals surface area contributed by atoms with Gasteiger partial charge in [-0.2, -0.15) is 0 Å². The minimum atomic E-state index is 0.278. The maximum Gasteiger partial charge on any atom is 0.225 e. The van der Waals surface area contributed by atoms with Gasteiger partial charge in [-0.1, -0.05) is 5.16 Å². The van der Waals surface area contributed by atoms with Gasteiger partial charge >= 0.3 is 0 Å². The van der Waals surface area contributed by atoms with Gasteiger partial charge < -0.3 is 15.6 Å². The molecule has 0 spiro atoms. The summed E-state index contributed by atoms with van der Waals surface area (Å²) in [5.74, 6) is 0.480. The van der Waals surface area contributed by atoms with Crippen LogP contribution in [0.5, 0.6) is 0 Å². The Labute approximate surface area is 64.7 Å². The smallest absolute Gasteiger partial charge is 0.225 e. The fourth-order valence-electron chi connectivity index (χ4n) is 1.44. The molecule has 0 aliphatic carbocycles.